The summed E-state index contributed by atoms with van der Waals surface area (Å²) in [5.74, 6) is 2.07. The van der Waals surface area contributed by atoms with Crippen molar-refractivity contribution in [3.63, 3.8) is 0 Å². The van der Waals surface area contributed by atoms with Gasteiger partial charge in [0, 0.05) is 35.5 Å². The van der Waals surface area contributed by atoms with Crippen LogP contribution >= 0.6 is 0 Å². The predicted octanol–water partition coefficient (Wildman–Crippen LogP) is 1.54. The molecule has 0 aliphatic carbocycles. The van der Waals surface area contributed by atoms with Crippen molar-refractivity contribution < 1.29 is 8.95 Å². The predicted molar refractivity (Wildman–Crippen MR) is 66.4 cm³/mol. The molecule has 92 valence electrons. The van der Waals surface area contributed by atoms with Gasteiger partial charge < -0.3 is 10.5 Å². The molecule has 3 nitrogen and oxygen atoms in total. The summed E-state index contributed by atoms with van der Waals surface area (Å²) < 4.78 is 17.1. The molecule has 15 heavy (non-hydrogen) atoms. The maximum Gasteiger partial charge on any atom is 0.0705 e. The fourth-order valence-electron chi connectivity index (χ4n) is 1.29. The topological polar surface area (TPSA) is 52.3 Å². The van der Waals surface area contributed by atoms with Crippen LogP contribution in [0.15, 0.2) is 0 Å². The second-order valence-corrected chi connectivity index (χ2v) is 5.55. The Morgan fingerprint density at radius 3 is 2.53 bits per heavy atom. The van der Waals surface area contributed by atoms with E-state index >= 15 is 0 Å². The first kappa shape index (κ1) is 15.1. The van der Waals surface area contributed by atoms with Crippen LogP contribution < -0.4 is 5.73 Å². The van der Waals surface area contributed by atoms with E-state index in [1.165, 1.54) is 0 Å². The zero-order valence-corrected chi connectivity index (χ0v) is 11.0. The first-order valence-corrected chi connectivity index (χ1v) is 7.29. The maximum absolute atomic E-state index is 11.7. The molecule has 0 radical (unpaired) electrons. The zero-order valence-electron chi connectivity index (χ0n) is 10.2. The van der Waals surface area contributed by atoms with Crippen molar-refractivity contribution in [2.24, 2.45) is 11.7 Å². The number of hydrogen-bond donors (Lipinski definition) is 1. The van der Waals surface area contributed by atoms with Crippen LogP contribution in [0, 0.1) is 5.92 Å². The van der Waals surface area contributed by atoms with Gasteiger partial charge in [-0.1, -0.05) is 20.3 Å². The van der Waals surface area contributed by atoms with Crippen LogP contribution in [0.5, 0.6) is 0 Å². The van der Waals surface area contributed by atoms with Gasteiger partial charge in [-0.15, -0.1) is 0 Å². The van der Waals surface area contributed by atoms with Crippen LogP contribution in [0.4, 0.5) is 0 Å². The summed E-state index contributed by atoms with van der Waals surface area (Å²) in [5.41, 5.74) is 5.55. The van der Waals surface area contributed by atoms with Crippen LogP contribution in [-0.2, 0) is 15.5 Å². The summed E-state index contributed by atoms with van der Waals surface area (Å²) in [6.45, 7) is 7.43. The average molecular weight is 235 g/mol. The first-order chi connectivity index (χ1) is 7.13. The summed E-state index contributed by atoms with van der Waals surface area (Å²) in [5, 5.41) is 0. The summed E-state index contributed by atoms with van der Waals surface area (Å²) in [7, 11) is -0.711. The van der Waals surface area contributed by atoms with E-state index in [0.29, 0.717) is 24.8 Å². The molecule has 2 N–H and O–H groups in total. The number of ether oxygens (including phenoxy) is 1. The van der Waals surface area contributed by atoms with Crippen molar-refractivity contribution in [1.29, 1.82) is 0 Å². The van der Waals surface area contributed by atoms with Gasteiger partial charge in [0.25, 0.3) is 0 Å². The maximum atomic E-state index is 11.7. The van der Waals surface area contributed by atoms with E-state index in [9.17, 15) is 4.21 Å². The van der Waals surface area contributed by atoms with Crippen molar-refractivity contribution in [1.82, 2.24) is 0 Å². The molecule has 0 aromatic heterocycles. The highest BCUT2D eigenvalue weighted by Gasteiger charge is 2.10. The Morgan fingerprint density at radius 1 is 1.40 bits per heavy atom. The molecule has 3 atom stereocenters. The number of hydrogen-bond acceptors (Lipinski definition) is 3. The quantitative estimate of drug-likeness (QED) is 0.659. The SMILES string of the molecule is CCOC(CN)CCS(=O)CC(C)CC. The van der Waals surface area contributed by atoms with Gasteiger partial charge in [0.2, 0.25) is 0 Å². The Balaban J connectivity index is 3.68. The summed E-state index contributed by atoms with van der Waals surface area (Å²) >= 11 is 0. The monoisotopic (exact) mass is 235 g/mol. The van der Waals surface area contributed by atoms with Crippen LogP contribution in [0.2, 0.25) is 0 Å². The molecule has 0 rings (SSSR count). The Kier molecular flexibility index (Phi) is 9.35. The molecule has 0 aromatic rings. The van der Waals surface area contributed by atoms with Gasteiger partial charge in [-0.05, 0) is 19.3 Å². The highest BCUT2D eigenvalue weighted by molar-refractivity contribution is 7.84. The standard InChI is InChI=1S/C11H25NO2S/c1-4-10(3)9-15(13)7-6-11(8-12)14-5-2/h10-11H,4-9,12H2,1-3H3. The lowest BCUT2D eigenvalue weighted by Crippen LogP contribution is -2.26. The minimum atomic E-state index is -0.711. The third-order valence-corrected chi connectivity index (χ3v) is 4.13. The van der Waals surface area contributed by atoms with E-state index in [2.05, 4.69) is 13.8 Å². The molecule has 0 fully saturated rings. The molecule has 4 heteroatoms. The van der Waals surface area contributed by atoms with E-state index in [1.807, 2.05) is 6.92 Å². The van der Waals surface area contributed by atoms with E-state index in [1.54, 1.807) is 0 Å². The minimum absolute atomic E-state index is 0.0795. The van der Waals surface area contributed by atoms with E-state index in [0.717, 1.165) is 18.6 Å². The lowest BCUT2D eigenvalue weighted by atomic mass is 10.2. The molecule has 0 heterocycles. The van der Waals surface area contributed by atoms with Crippen LogP contribution in [-0.4, -0.2) is 35.0 Å². The molecule has 0 saturated carbocycles. The molecule has 0 aliphatic heterocycles. The van der Waals surface area contributed by atoms with Gasteiger partial charge >= 0.3 is 0 Å². The zero-order chi connectivity index (χ0) is 11.7. The van der Waals surface area contributed by atoms with Gasteiger partial charge in [0.1, 0.15) is 0 Å². The van der Waals surface area contributed by atoms with Gasteiger partial charge in [-0.25, -0.2) is 0 Å². The van der Waals surface area contributed by atoms with Crippen molar-refractivity contribution in [2.45, 2.75) is 39.7 Å². The smallest absolute Gasteiger partial charge is 0.0705 e. The van der Waals surface area contributed by atoms with Gasteiger partial charge in [-0.2, -0.15) is 0 Å². The molecule has 0 aliphatic rings. The Hall–Kier alpha value is 0.0700. The molecular formula is C11H25NO2S. The Bertz CT molecular complexity index is 176. The highest BCUT2D eigenvalue weighted by atomic mass is 32.2. The normalized spacial score (nSPS) is 17.3. The average Bonchev–Trinajstić information content (AvgIpc) is 2.23. The summed E-state index contributed by atoms with van der Waals surface area (Å²) in [4.78, 5) is 0. The van der Waals surface area contributed by atoms with Crippen LogP contribution in [0.3, 0.4) is 0 Å². The van der Waals surface area contributed by atoms with E-state index < -0.39 is 10.8 Å². The fourth-order valence-corrected chi connectivity index (χ4v) is 2.85. The Labute approximate surface area is 96.2 Å². The molecular weight excluding hydrogens is 210 g/mol. The molecule has 3 unspecified atom stereocenters. The summed E-state index contributed by atoms with van der Waals surface area (Å²) in [6, 6.07) is 0. The van der Waals surface area contributed by atoms with Gasteiger partial charge in [-0.3, -0.25) is 4.21 Å². The first-order valence-electron chi connectivity index (χ1n) is 5.80. The second-order valence-electron chi connectivity index (χ2n) is 3.93. The van der Waals surface area contributed by atoms with Gasteiger partial charge in [0.05, 0.1) is 6.10 Å². The molecule has 0 bridgehead atoms. The molecule has 0 spiro atoms. The summed E-state index contributed by atoms with van der Waals surface area (Å²) in [6.07, 6.45) is 1.99. The lowest BCUT2D eigenvalue weighted by Gasteiger charge is -2.15. The van der Waals surface area contributed by atoms with Crippen molar-refractivity contribution in [3.05, 3.63) is 0 Å². The van der Waals surface area contributed by atoms with Crippen molar-refractivity contribution in [2.75, 3.05) is 24.7 Å². The highest BCUT2D eigenvalue weighted by Crippen LogP contribution is 2.05. The third kappa shape index (κ3) is 7.94. The van der Waals surface area contributed by atoms with Crippen molar-refractivity contribution in [3.8, 4) is 0 Å². The molecule has 0 amide bonds. The fraction of sp³-hybridized carbons (Fsp3) is 1.00. The van der Waals surface area contributed by atoms with Crippen molar-refractivity contribution >= 4 is 10.8 Å². The Morgan fingerprint density at radius 2 is 2.07 bits per heavy atom. The van der Waals surface area contributed by atoms with E-state index in [-0.39, 0.29) is 6.10 Å². The molecule has 0 saturated heterocycles. The third-order valence-electron chi connectivity index (χ3n) is 2.50. The number of nitrogens with two attached hydrogens (primary N) is 1. The molecule has 0 aromatic carbocycles. The largest absolute Gasteiger partial charge is 0.377 e. The minimum Gasteiger partial charge on any atom is -0.377 e. The number of rotatable bonds is 9. The van der Waals surface area contributed by atoms with Crippen LogP contribution in [0.1, 0.15) is 33.6 Å². The van der Waals surface area contributed by atoms with E-state index in [4.69, 9.17) is 10.5 Å². The lowest BCUT2D eigenvalue weighted by molar-refractivity contribution is 0.0672. The second kappa shape index (κ2) is 9.31. The van der Waals surface area contributed by atoms with Crippen LogP contribution in [0.25, 0.3) is 0 Å². The van der Waals surface area contributed by atoms with Gasteiger partial charge in [0.15, 0.2) is 0 Å².